The normalized spacial score (nSPS) is 27.6. The van der Waals surface area contributed by atoms with Gasteiger partial charge in [-0.15, -0.1) is 35.3 Å². The van der Waals surface area contributed by atoms with Crippen molar-refractivity contribution in [2.45, 2.75) is 16.8 Å². The SMILES string of the molecule is C1CSC(SCC2CC2)S1. The van der Waals surface area contributed by atoms with E-state index in [9.17, 15) is 0 Å². The van der Waals surface area contributed by atoms with Gasteiger partial charge in [-0.25, -0.2) is 0 Å². The van der Waals surface area contributed by atoms with Gasteiger partial charge >= 0.3 is 0 Å². The van der Waals surface area contributed by atoms with Gasteiger partial charge < -0.3 is 0 Å². The first-order valence-corrected chi connectivity index (χ1v) is 6.94. The molecule has 10 heavy (non-hydrogen) atoms. The predicted octanol–water partition coefficient (Wildman–Crippen LogP) is 2.89. The van der Waals surface area contributed by atoms with Crippen LogP contribution in [0.15, 0.2) is 0 Å². The fraction of sp³-hybridized carbons (Fsp3) is 1.00. The molecule has 1 saturated carbocycles. The summed E-state index contributed by atoms with van der Waals surface area (Å²) in [5.41, 5.74) is 0. The standard InChI is InChI=1S/C7H12S3/c1-2-6(1)5-10-7-8-3-4-9-7/h6-7H,1-5H2. The van der Waals surface area contributed by atoms with E-state index in [1.807, 2.05) is 0 Å². The molecule has 0 aromatic carbocycles. The molecular weight excluding hydrogens is 180 g/mol. The van der Waals surface area contributed by atoms with E-state index in [4.69, 9.17) is 0 Å². The lowest BCUT2D eigenvalue weighted by atomic mass is 10.5. The highest BCUT2D eigenvalue weighted by molar-refractivity contribution is 8.34. The van der Waals surface area contributed by atoms with Gasteiger partial charge in [0.05, 0.1) is 3.91 Å². The first-order valence-electron chi connectivity index (χ1n) is 3.80. The molecule has 58 valence electrons. The second kappa shape index (κ2) is 3.63. The van der Waals surface area contributed by atoms with E-state index in [1.54, 1.807) is 0 Å². The van der Waals surface area contributed by atoms with E-state index in [1.165, 1.54) is 30.1 Å². The quantitative estimate of drug-likeness (QED) is 0.675. The third-order valence-electron chi connectivity index (χ3n) is 1.76. The molecule has 0 amide bonds. The summed E-state index contributed by atoms with van der Waals surface area (Å²) in [6, 6.07) is 0. The maximum atomic E-state index is 2.18. The Morgan fingerprint density at radius 1 is 1.20 bits per heavy atom. The van der Waals surface area contributed by atoms with Crippen molar-refractivity contribution in [3.63, 3.8) is 0 Å². The first kappa shape index (κ1) is 7.69. The van der Waals surface area contributed by atoms with Gasteiger partial charge in [-0.2, -0.15) is 0 Å². The lowest BCUT2D eigenvalue weighted by Gasteiger charge is -2.04. The Bertz CT molecular complexity index is 105. The Morgan fingerprint density at radius 2 is 1.90 bits per heavy atom. The Morgan fingerprint density at radius 3 is 2.50 bits per heavy atom. The zero-order valence-corrected chi connectivity index (χ0v) is 8.36. The van der Waals surface area contributed by atoms with Crippen molar-refractivity contribution in [2.24, 2.45) is 5.92 Å². The van der Waals surface area contributed by atoms with Crippen LogP contribution in [0.5, 0.6) is 0 Å². The van der Waals surface area contributed by atoms with E-state index >= 15 is 0 Å². The molecule has 0 aromatic rings. The zero-order valence-electron chi connectivity index (χ0n) is 5.91. The summed E-state index contributed by atoms with van der Waals surface area (Å²) in [6.07, 6.45) is 3.02. The summed E-state index contributed by atoms with van der Waals surface area (Å²) >= 11 is 6.46. The lowest BCUT2D eigenvalue weighted by Crippen LogP contribution is -1.88. The van der Waals surface area contributed by atoms with Crippen molar-refractivity contribution >= 4 is 35.3 Å². The molecule has 2 fully saturated rings. The summed E-state index contributed by atoms with van der Waals surface area (Å²) in [5, 5.41) is 0. The molecular formula is C7H12S3. The molecule has 1 aliphatic carbocycles. The van der Waals surface area contributed by atoms with Gasteiger partial charge in [-0.1, -0.05) is 0 Å². The van der Waals surface area contributed by atoms with Crippen LogP contribution >= 0.6 is 35.3 Å². The van der Waals surface area contributed by atoms with Crippen molar-refractivity contribution in [2.75, 3.05) is 17.3 Å². The maximum Gasteiger partial charge on any atom is 0.0956 e. The zero-order chi connectivity index (χ0) is 6.81. The summed E-state index contributed by atoms with van der Waals surface area (Å²) in [6.45, 7) is 0. The Labute approximate surface area is 75.3 Å². The number of rotatable bonds is 3. The van der Waals surface area contributed by atoms with Gasteiger partial charge in [0.2, 0.25) is 0 Å². The molecule has 0 bridgehead atoms. The van der Waals surface area contributed by atoms with Crippen molar-refractivity contribution < 1.29 is 0 Å². The minimum absolute atomic E-state index is 0.889. The van der Waals surface area contributed by atoms with Gasteiger partial charge in [-0.05, 0) is 24.5 Å². The summed E-state index contributed by atoms with van der Waals surface area (Å²) in [4.78, 5) is 0. The largest absolute Gasteiger partial charge is 0.136 e. The first-order chi connectivity index (χ1) is 4.95. The van der Waals surface area contributed by atoms with E-state index < -0.39 is 0 Å². The topological polar surface area (TPSA) is 0 Å². The second-order valence-corrected chi connectivity index (χ2v) is 7.27. The maximum absolute atomic E-state index is 2.18. The van der Waals surface area contributed by atoms with E-state index in [-0.39, 0.29) is 0 Å². The molecule has 0 unspecified atom stereocenters. The van der Waals surface area contributed by atoms with Crippen LogP contribution in [0.1, 0.15) is 12.8 Å². The van der Waals surface area contributed by atoms with E-state index in [2.05, 4.69) is 35.3 Å². The predicted molar refractivity (Wildman–Crippen MR) is 53.9 cm³/mol. The minimum atomic E-state index is 0.889. The van der Waals surface area contributed by atoms with Gasteiger partial charge in [0.15, 0.2) is 0 Å². The number of thioether (sulfide) groups is 3. The third-order valence-corrected chi connectivity index (χ3v) is 6.82. The molecule has 1 saturated heterocycles. The summed E-state index contributed by atoms with van der Waals surface area (Å²) in [5.74, 6) is 5.30. The van der Waals surface area contributed by atoms with Gasteiger partial charge in [0.25, 0.3) is 0 Å². The Balaban J connectivity index is 1.59. The smallest absolute Gasteiger partial charge is 0.0956 e. The van der Waals surface area contributed by atoms with Crippen LogP contribution in [0, 0.1) is 5.92 Å². The average Bonchev–Trinajstić information content (AvgIpc) is 2.63. The molecule has 0 nitrogen and oxygen atoms in total. The highest BCUT2D eigenvalue weighted by Crippen LogP contribution is 2.43. The van der Waals surface area contributed by atoms with Crippen LogP contribution in [0.2, 0.25) is 0 Å². The lowest BCUT2D eigenvalue weighted by molar-refractivity contribution is 1.00. The Hall–Kier alpha value is 1.05. The molecule has 3 heteroatoms. The third kappa shape index (κ3) is 2.28. The highest BCUT2D eigenvalue weighted by Gasteiger charge is 2.24. The van der Waals surface area contributed by atoms with Crippen molar-refractivity contribution in [1.29, 1.82) is 0 Å². The number of hydrogen-bond acceptors (Lipinski definition) is 3. The van der Waals surface area contributed by atoms with Gasteiger partial charge in [-0.3, -0.25) is 0 Å². The monoisotopic (exact) mass is 192 g/mol. The molecule has 1 heterocycles. The summed E-state index contributed by atoms with van der Waals surface area (Å²) < 4.78 is 0.889. The van der Waals surface area contributed by atoms with Crippen molar-refractivity contribution in [3.8, 4) is 0 Å². The van der Waals surface area contributed by atoms with Crippen LogP contribution in [0.4, 0.5) is 0 Å². The van der Waals surface area contributed by atoms with Crippen molar-refractivity contribution in [1.82, 2.24) is 0 Å². The summed E-state index contributed by atoms with van der Waals surface area (Å²) in [7, 11) is 0. The fourth-order valence-corrected chi connectivity index (χ4v) is 5.63. The molecule has 0 N–H and O–H groups in total. The van der Waals surface area contributed by atoms with Gasteiger partial charge in [0, 0.05) is 11.5 Å². The Kier molecular flexibility index (Phi) is 2.79. The molecule has 0 spiro atoms. The van der Waals surface area contributed by atoms with Crippen LogP contribution in [0.3, 0.4) is 0 Å². The molecule has 0 radical (unpaired) electrons. The molecule has 0 atom stereocenters. The molecule has 0 aromatic heterocycles. The second-order valence-electron chi connectivity index (χ2n) is 2.81. The highest BCUT2D eigenvalue weighted by atomic mass is 32.3. The van der Waals surface area contributed by atoms with Crippen LogP contribution in [-0.4, -0.2) is 21.2 Å². The molecule has 2 aliphatic rings. The van der Waals surface area contributed by atoms with E-state index in [0.29, 0.717) is 0 Å². The van der Waals surface area contributed by atoms with Crippen molar-refractivity contribution in [3.05, 3.63) is 0 Å². The minimum Gasteiger partial charge on any atom is -0.136 e. The number of hydrogen-bond donors (Lipinski definition) is 0. The van der Waals surface area contributed by atoms with Gasteiger partial charge in [0.1, 0.15) is 0 Å². The average molecular weight is 192 g/mol. The van der Waals surface area contributed by atoms with Crippen LogP contribution in [0.25, 0.3) is 0 Å². The van der Waals surface area contributed by atoms with Crippen LogP contribution in [-0.2, 0) is 0 Å². The van der Waals surface area contributed by atoms with Crippen LogP contribution < -0.4 is 0 Å². The fourth-order valence-electron chi connectivity index (χ4n) is 0.932. The molecule has 1 aliphatic heterocycles. The van der Waals surface area contributed by atoms with E-state index in [0.717, 1.165) is 9.83 Å². The molecule has 2 rings (SSSR count).